The fraction of sp³-hybridized carbons (Fsp3) is 0.467. The first-order valence-electron chi connectivity index (χ1n) is 6.87. The molecule has 0 atom stereocenters. The normalized spacial score (nSPS) is 16.6. The summed E-state index contributed by atoms with van der Waals surface area (Å²) in [6.07, 6.45) is 1.86. The number of nitriles is 1. The lowest BCUT2D eigenvalue weighted by Crippen LogP contribution is -2.43. The second kappa shape index (κ2) is 6.51. The van der Waals surface area contributed by atoms with Crippen LogP contribution in [0.15, 0.2) is 18.2 Å². The van der Waals surface area contributed by atoms with Crippen LogP contribution in [-0.4, -0.2) is 36.5 Å². The topological polar surface area (TPSA) is 82.2 Å². The van der Waals surface area contributed by atoms with E-state index in [0.717, 1.165) is 31.5 Å². The quantitative estimate of drug-likeness (QED) is 0.867. The highest BCUT2D eigenvalue weighted by atomic mass is 16.2. The third-order valence-corrected chi connectivity index (χ3v) is 3.66. The van der Waals surface area contributed by atoms with Gasteiger partial charge in [-0.15, -0.1) is 0 Å². The van der Waals surface area contributed by atoms with Gasteiger partial charge in [0.05, 0.1) is 17.8 Å². The summed E-state index contributed by atoms with van der Waals surface area (Å²) in [4.78, 5) is 14.1. The summed E-state index contributed by atoms with van der Waals surface area (Å²) in [6, 6.07) is 7.85. The average molecular weight is 272 g/mol. The van der Waals surface area contributed by atoms with Gasteiger partial charge in [0.2, 0.25) is 5.91 Å². The van der Waals surface area contributed by atoms with Crippen LogP contribution in [0.5, 0.6) is 0 Å². The summed E-state index contributed by atoms with van der Waals surface area (Å²) in [5.74, 6) is -0.0810. The molecule has 3 N–H and O–H groups in total. The van der Waals surface area contributed by atoms with Crippen molar-refractivity contribution in [1.82, 2.24) is 4.90 Å². The number of carbonyl (C=O) groups excluding carboxylic acids is 1. The average Bonchev–Trinajstić information content (AvgIpc) is 2.42. The molecule has 1 amide bonds. The second-order valence-corrected chi connectivity index (χ2v) is 5.27. The van der Waals surface area contributed by atoms with Gasteiger partial charge in [-0.05, 0) is 31.4 Å². The molecule has 1 fully saturated rings. The first-order valence-corrected chi connectivity index (χ1v) is 6.87. The molecular weight excluding hydrogens is 252 g/mol. The maximum Gasteiger partial charge on any atom is 0.238 e. The molecule has 106 valence electrons. The third kappa shape index (κ3) is 3.56. The van der Waals surface area contributed by atoms with Crippen molar-refractivity contribution in [2.45, 2.75) is 25.8 Å². The Morgan fingerprint density at radius 3 is 2.85 bits per heavy atom. The van der Waals surface area contributed by atoms with Gasteiger partial charge in [-0.1, -0.05) is 12.1 Å². The molecule has 2 rings (SSSR count). The van der Waals surface area contributed by atoms with Gasteiger partial charge in [-0.2, -0.15) is 5.26 Å². The van der Waals surface area contributed by atoms with Crippen LogP contribution >= 0.6 is 0 Å². The van der Waals surface area contributed by atoms with Crippen LogP contribution in [0.3, 0.4) is 0 Å². The van der Waals surface area contributed by atoms with Crippen molar-refractivity contribution in [1.29, 1.82) is 5.26 Å². The van der Waals surface area contributed by atoms with E-state index < -0.39 is 0 Å². The molecule has 0 radical (unpaired) electrons. The number of piperidine rings is 1. The molecule has 20 heavy (non-hydrogen) atoms. The minimum absolute atomic E-state index is 0.0810. The molecule has 0 saturated carbocycles. The highest BCUT2D eigenvalue weighted by molar-refractivity contribution is 5.93. The van der Waals surface area contributed by atoms with E-state index in [1.165, 1.54) is 0 Å². The second-order valence-electron chi connectivity index (χ2n) is 5.27. The molecule has 1 aliphatic rings. The minimum atomic E-state index is -0.0810. The molecule has 0 aromatic heterocycles. The van der Waals surface area contributed by atoms with E-state index >= 15 is 0 Å². The summed E-state index contributed by atoms with van der Waals surface area (Å²) in [6.45, 7) is 3.92. The number of likely N-dealkylation sites (tertiary alicyclic amines) is 1. The number of hydrogen-bond acceptors (Lipinski definition) is 4. The Kier molecular flexibility index (Phi) is 4.72. The van der Waals surface area contributed by atoms with Gasteiger partial charge in [0.1, 0.15) is 6.07 Å². The molecule has 5 nitrogen and oxygen atoms in total. The molecule has 1 saturated heterocycles. The van der Waals surface area contributed by atoms with E-state index in [1.807, 2.05) is 19.1 Å². The van der Waals surface area contributed by atoms with Crippen molar-refractivity contribution in [3.63, 3.8) is 0 Å². The molecule has 0 spiro atoms. The minimum Gasteiger partial charge on any atom is -0.328 e. The number of nitrogens with one attached hydrogen (secondary N) is 1. The van der Waals surface area contributed by atoms with E-state index in [-0.39, 0.29) is 11.9 Å². The van der Waals surface area contributed by atoms with Crippen LogP contribution < -0.4 is 11.1 Å². The zero-order valence-corrected chi connectivity index (χ0v) is 11.7. The lowest BCUT2D eigenvalue weighted by Gasteiger charge is -2.29. The highest BCUT2D eigenvalue weighted by Gasteiger charge is 2.18. The molecule has 0 aliphatic carbocycles. The largest absolute Gasteiger partial charge is 0.328 e. The van der Waals surface area contributed by atoms with Crippen molar-refractivity contribution in [3.8, 4) is 6.07 Å². The molecule has 0 unspecified atom stereocenters. The Balaban J connectivity index is 1.95. The third-order valence-electron chi connectivity index (χ3n) is 3.66. The Labute approximate surface area is 119 Å². The number of nitrogens with zero attached hydrogens (tertiary/aromatic N) is 2. The van der Waals surface area contributed by atoms with E-state index in [1.54, 1.807) is 6.07 Å². The first-order chi connectivity index (χ1) is 9.60. The summed E-state index contributed by atoms with van der Waals surface area (Å²) in [5, 5.41) is 12.0. The zero-order valence-electron chi connectivity index (χ0n) is 11.7. The van der Waals surface area contributed by atoms with Crippen LogP contribution in [0.2, 0.25) is 0 Å². The fourth-order valence-corrected chi connectivity index (χ4v) is 2.42. The Morgan fingerprint density at radius 2 is 2.20 bits per heavy atom. The molecule has 1 aromatic rings. The number of anilines is 1. The van der Waals surface area contributed by atoms with E-state index in [9.17, 15) is 4.79 Å². The molecule has 1 heterocycles. The van der Waals surface area contributed by atoms with Crippen LogP contribution in [0.25, 0.3) is 0 Å². The van der Waals surface area contributed by atoms with Crippen LogP contribution in [0.4, 0.5) is 5.69 Å². The Morgan fingerprint density at radius 1 is 1.50 bits per heavy atom. The summed E-state index contributed by atoms with van der Waals surface area (Å²) >= 11 is 0. The van der Waals surface area contributed by atoms with Crippen molar-refractivity contribution in [2.75, 3.05) is 25.0 Å². The number of carbonyl (C=O) groups is 1. The monoisotopic (exact) mass is 272 g/mol. The molecule has 1 aliphatic heterocycles. The summed E-state index contributed by atoms with van der Waals surface area (Å²) in [5.41, 5.74) is 7.83. The predicted molar refractivity (Wildman–Crippen MR) is 78.2 cm³/mol. The molecule has 0 bridgehead atoms. The lowest BCUT2D eigenvalue weighted by molar-refractivity contribution is -0.117. The summed E-state index contributed by atoms with van der Waals surface area (Å²) in [7, 11) is 0. The number of hydrogen-bond donors (Lipinski definition) is 2. The molecule has 1 aromatic carbocycles. The van der Waals surface area contributed by atoms with Crippen molar-refractivity contribution in [2.24, 2.45) is 5.73 Å². The first kappa shape index (κ1) is 14.5. The summed E-state index contributed by atoms with van der Waals surface area (Å²) < 4.78 is 0. The standard InChI is InChI=1S/C15H20N4O/c1-11-3-2-4-14(13(11)9-16)18-15(20)10-19-7-5-12(17)6-8-19/h2-4,12H,5-8,10,17H2,1H3,(H,18,20). The zero-order chi connectivity index (χ0) is 14.5. The molecular formula is C15H20N4O. The number of nitrogens with two attached hydrogens (primary N) is 1. The number of rotatable bonds is 3. The van der Waals surface area contributed by atoms with Gasteiger partial charge in [-0.3, -0.25) is 9.69 Å². The van der Waals surface area contributed by atoms with Crippen molar-refractivity contribution >= 4 is 11.6 Å². The maximum atomic E-state index is 12.0. The number of benzene rings is 1. The van der Waals surface area contributed by atoms with Crippen LogP contribution in [0, 0.1) is 18.3 Å². The number of aryl methyl sites for hydroxylation is 1. The fourth-order valence-electron chi connectivity index (χ4n) is 2.42. The van der Waals surface area contributed by atoms with Gasteiger partial charge >= 0.3 is 0 Å². The van der Waals surface area contributed by atoms with Gasteiger partial charge in [0, 0.05) is 19.1 Å². The highest BCUT2D eigenvalue weighted by Crippen LogP contribution is 2.18. The maximum absolute atomic E-state index is 12.0. The van der Waals surface area contributed by atoms with Crippen LogP contribution in [-0.2, 0) is 4.79 Å². The van der Waals surface area contributed by atoms with Crippen LogP contribution in [0.1, 0.15) is 24.0 Å². The predicted octanol–water partition coefficient (Wildman–Crippen LogP) is 1.23. The SMILES string of the molecule is Cc1cccc(NC(=O)CN2CCC(N)CC2)c1C#N. The smallest absolute Gasteiger partial charge is 0.238 e. The van der Waals surface area contributed by atoms with Gasteiger partial charge in [0.15, 0.2) is 0 Å². The lowest BCUT2D eigenvalue weighted by atomic mass is 10.1. The van der Waals surface area contributed by atoms with E-state index in [0.29, 0.717) is 17.8 Å². The van der Waals surface area contributed by atoms with Gasteiger partial charge in [0.25, 0.3) is 0 Å². The van der Waals surface area contributed by atoms with E-state index in [2.05, 4.69) is 16.3 Å². The van der Waals surface area contributed by atoms with Crippen molar-refractivity contribution in [3.05, 3.63) is 29.3 Å². The van der Waals surface area contributed by atoms with Crippen molar-refractivity contribution < 1.29 is 4.79 Å². The van der Waals surface area contributed by atoms with Gasteiger partial charge in [-0.25, -0.2) is 0 Å². The Hall–Kier alpha value is -1.90. The van der Waals surface area contributed by atoms with Gasteiger partial charge < -0.3 is 11.1 Å². The van der Waals surface area contributed by atoms with E-state index in [4.69, 9.17) is 11.0 Å². The number of amides is 1. The molecule has 5 heteroatoms. The Bertz CT molecular complexity index is 527.